The molecule has 0 aliphatic carbocycles. The van der Waals surface area contributed by atoms with Gasteiger partial charge >= 0.3 is 12.1 Å². The smallest absolute Gasteiger partial charge is 0.407 e. The minimum Gasteiger partial charge on any atom is -0.467 e. The number of rotatable bonds is 5. The van der Waals surface area contributed by atoms with Gasteiger partial charge in [0.2, 0.25) is 0 Å². The zero-order valence-electron chi connectivity index (χ0n) is 10.8. The fraction of sp³-hybridized carbons (Fsp3) is 0.385. The van der Waals surface area contributed by atoms with Crippen LogP contribution in [-0.2, 0) is 14.3 Å². The first-order valence-electron chi connectivity index (χ1n) is 5.80. The molecule has 0 saturated carbocycles. The summed E-state index contributed by atoms with van der Waals surface area (Å²) in [5.41, 5.74) is 0.856. The van der Waals surface area contributed by atoms with Gasteiger partial charge in [0.25, 0.3) is 0 Å². The second-order valence-corrected chi connectivity index (χ2v) is 4.66. The highest BCUT2D eigenvalue weighted by atomic mass is 79.9. The molecule has 5 nitrogen and oxygen atoms in total. The number of alkyl halides is 1. The molecule has 0 aliphatic rings. The molecule has 0 unspecified atom stereocenters. The molecule has 0 aromatic heterocycles. The van der Waals surface area contributed by atoms with Gasteiger partial charge in [0, 0.05) is 0 Å². The Hall–Kier alpha value is -1.56. The number of nitrogens with one attached hydrogen (secondary N) is 1. The molecule has 0 saturated heterocycles. The van der Waals surface area contributed by atoms with Crippen LogP contribution in [0.5, 0.6) is 0 Å². The summed E-state index contributed by atoms with van der Waals surface area (Å²) in [6.45, 7) is 1.92. The maximum atomic E-state index is 11.7. The van der Waals surface area contributed by atoms with Gasteiger partial charge in [0.05, 0.1) is 18.5 Å². The van der Waals surface area contributed by atoms with Crippen molar-refractivity contribution >= 4 is 28.0 Å². The maximum absolute atomic E-state index is 11.7. The average molecular weight is 330 g/mol. The Morgan fingerprint density at radius 3 is 2.47 bits per heavy atom. The Labute approximate surface area is 120 Å². The molecule has 0 fully saturated rings. The van der Waals surface area contributed by atoms with Gasteiger partial charge in [-0.15, -0.1) is 0 Å². The third-order valence-corrected chi connectivity index (χ3v) is 3.47. The first-order chi connectivity index (χ1) is 9.10. The molecule has 6 heteroatoms. The summed E-state index contributed by atoms with van der Waals surface area (Å²) in [5.74, 6) is -0.543. The average Bonchev–Trinajstić information content (AvgIpc) is 2.44. The number of alkyl carbamates (subject to hydrolysis) is 1. The van der Waals surface area contributed by atoms with Crippen molar-refractivity contribution in [3.8, 4) is 0 Å². The van der Waals surface area contributed by atoms with E-state index in [1.807, 2.05) is 30.3 Å². The first kappa shape index (κ1) is 15.5. The second-order valence-electron chi connectivity index (χ2n) is 3.68. The van der Waals surface area contributed by atoms with Crippen LogP contribution in [0.25, 0.3) is 0 Å². The van der Waals surface area contributed by atoms with Crippen molar-refractivity contribution in [1.29, 1.82) is 0 Å². The lowest BCUT2D eigenvalue weighted by Crippen LogP contribution is -2.44. The van der Waals surface area contributed by atoms with Crippen LogP contribution in [0, 0.1) is 0 Å². The molecule has 1 aromatic rings. The zero-order chi connectivity index (χ0) is 14.3. The Kier molecular flexibility index (Phi) is 6.35. The molecule has 1 rings (SSSR count). The predicted octanol–water partition coefficient (Wildman–Crippen LogP) is 2.41. The van der Waals surface area contributed by atoms with E-state index in [4.69, 9.17) is 9.47 Å². The lowest BCUT2D eigenvalue weighted by atomic mass is 10.1. The Balaban J connectivity index is 2.85. The summed E-state index contributed by atoms with van der Waals surface area (Å²) >= 11 is 3.40. The van der Waals surface area contributed by atoms with Crippen LogP contribution in [0.3, 0.4) is 0 Å². The summed E-state index contributed by atoms with van der Waals surface area (Å²) in [6, 6.07) is 8.41. The topological polar surface area (TPSA) is 64.6 Å². The van der Waals surface area contributed by atoms with E-state index in [-0.39, 0.29) is 6.61 Å². The molecule has 1 N–H and O–H groups in total. The molecular weight excluding hydrogens is 314 g/mol. The molecule has 1 amide bonds. The molecule has 0 heterocycles. The molecule has 19 heavy (non-hydrogen) atoms. The molecule has 0 aliphatic heterocycles. The summed E-state index contributed by atoms with van der Waals surface area (Å²) in [5, 5.41) is 2.48. The van der Waals surface area contributed by atoms with Gasteiger partial charge in [0.15, 0.2) is 0 Å². The Morgan fingerprint density at radius 1 is 1.32 bits per heavy atom. The number of benzene rings is 1. The maximum Gasteiger partial charge on any atom is 0.407 e. The monoisotopic (exact) mass is 329 g/mol. The quantitative estimate of drug-likeness (QED) is 0.665. The molecule has 0 bridgehead atoms. The van der Waals surface area contributed by atoms with Crippen LogP contribution in [0.4, 0.5) is 4.79 Å². The zero-order valence-corrected chi connectivity index (χ0v) is 12.3. The van der Waals surface area contributed by atoms with E-state index >= 15 is 0 Å². The van der Waals surface area contributed by atoms with Gasteiger partial charge in [0.1, 0.15) is 6.04 Å². The number of ether oxygens (including phenoxy) is 2. The summed E-state index contributed by atoms with van der Waals surface area (Å²) < 4.78 is 9.47. The number of esters is 1. The van der Waals surface area contributed by atoms with E-state index in [0.29, 0.717) is 0 Å². The van der Waals surface area contributed by atoms with Gasteiger partial charge < -0.3 is 14.8 Å². The van der Waals surface area contributed by atoms with Gasteiger partial charge in [-0.05, 0) is 12.5 Å². The van der Waals surface area contributed by atoms with Crippen molar-refractivity contribution in [3.63, 3.8) is 0 Å². The minimum atomic E-state index is -0.855. The number of amides is 1. The van der Waals surface area contributed by atoms with E-state index in [2.05, 4.69) is 21.2 Å². The van der Waals surface area contributed by atoms with Crippen molar-refractivity contribution in [1.82, 2.24) is 5.32 Å². The van der Waals surface area contributed by atoms with Crippen LogP contribution >= 0.6 is 15.9 Å². The van der Waals surface area contributed by atoms with Crippen molar-refractivity contribution in [2.24, 2.45) is 0 Å². The largest absolute Gasteiger partial charge is 0.467 e. The van der Waals surface area contributed by atoms with Gasteiger partial charge in [-0.3, -0.25) is 0 Å². The summed E-state index contributed by atoms with van der Waals surface area (Å²) in [4.78, 5) is 22.8. The van der Waals surface area contributed by atoms with E-state index in [0.717, 1.165) is 5.56 Å². The van der Waals surface area contributed by atoms with E-state index in [9.17, 15) is 9.59 Å². The van der Waals surface area contributed by atoms with Gasteiger partial charge in [-0.25, -0.2) is 9.59 Å². The van der Waals surface area contributed by atoms with E-state index in [1.165, 1.54) is 7.11 Å². The molecule has 1 aromatic carbocycles. The number of carbonyl (C=O) groups is 2. The standard InChI is InChI=1S/C13H16BrNO4/c1-3-19-13(17)15-11(12(16)18-2)10(14)9-7-5-4-6-8-9/h4-8,10-11H,3H2,1-2H3,(H,15,17)/t10-,11-/m1/s1. The highest BCUT2D eigenvalue weighted by Gasteiger charge is 2.30. The van der Waals surface area contributed by atoms with Crippen molar-refractivity contribution in [2.45, 2.75) is 17.8 Å². The van der Waals surface area contributed by atoms with Gasteiger partial charge in [-0.1, -0.05) is 46.3 Å². The van der Waals surface area contributed by atoms with Gasteiger partial charge in [-0.2, -0.15) is 0 Å². The van der Waals surface area contributed by atoms with Crippen LogP contribution in [0.1, 0.15) is 17.3 Å². The SMILES string of the molecule is CCOC(=O)N[C@@H](C(=O)OC)[C@H](Br)c1ccccc1. The highest BCUT2D eigenvalue weighted by molar-refractivity contribution is 9.09. The molecular formula is C13H16BrNO4. The van der Waals surface area contributed by atoms with Crippen LogP contribution in [-0.4, -0.2) is 31.8 Å². The van der Waals surface area contributed by atoms with E-state index < -0.39 is 22.9 Å². The van der Waals surface area contributed by atoms with Crippen LogP contribution in [0.15, 0.2) is 30.3 Å². The van der Waals surface area contributed by atoms with Crippen molar-refractivity contribution in [3.05, 3.63) is 35.9 Å². The fourth-order valence-corrected chi connectivity index (χ4v) is 2.16. The van der Waals surface area contributed by atoms with Crippen LogP contribution < -0.4 is 5.32 Å². The van der Waals surface area contributed by atoms with E-state index in [1.54, 1.807) is 6.92 Å². The van der Waals surface area contributed by atoms with Crippen molar-refractivity contribution < 1.29 is 19.1 Å². The fourth-order valence-electron chi connectivity index (χ4n) is 1.51. The molecule has 2 atom stereocenters. The number of carbonyl (C=O) groups excluding carboxylic acids is 2. The number of methoxy groups -OCH3 is 1. The summed E-state index contributed by atoms with van der Waals surface area (Å²) in [7, 11) is 1.27. The first-order valence-corrected chi connectivity index (χ1v) is 6.71. The number of hydrogen-bond donors (Lipinski definition) is 1. The summed E-state index contributed by atoms with van der Waals surface area (Å²) in [6.07, 6.45) is -0.654. The number of hydrogen-bond acceptors (Lipinski definition) is 4. The predicted molar refractivity (Wildman–Crippen MR) is 74.1 cm³/mol. The molecule has 0 radical (unpaired) electrons. The highest BCUT2D eigenvalue weighted by Crippen LogP contribution is 2.27. The molecule has 104 valence electrons. The Bertz CT molecular complexity index is 424. The lowest BCUT2D eigenvalue weighted by Gasteiger charge is -2.21. The minimum absolute atomic E-state index is 0.234. The normalized spacial score (nSPS) is 13.2. The lowest BCUT2D eigenvalue weighted by molar-refractivity contribution is -0.143. The Morgan fingerprint density at radius 2 is 1.95 bits per heavy atom. The van der Waals surface area contributed by atoms with Crippen LogP contribution in [0.2, 0.25) is 0 Å². The van der Waals surface area contributed by atoms with Crippen molar-refractivity contribution in [2.75, 3.05) is 13.7 Å². The third-order valence-electron chi connectivity index (χ3n) is 2.41. The molecule has 0 spiro atoms. The second kappa shape index (κ2) is 7.78. The third kappa shape index (κ3) is 4.55. The number of halogens is 1.